The van der Waals surface area contributed by atoms with Gasteiger partial charge in [-0.3, -0.25) is 9.59 Å². The van der Waals surface area contributed by atoms with Crippen LogP contribution in [0.4, 0.5) is 52.7 Å². The zero-order valence-corrected chi connectivity index (χ0v) is 25.6. The fourth-order valence-electron chi connectivity index (χ4n) is 3.32. The molecule has 0 aromatic heterocycles. The monoisotopic (exact) mass is 674 g/mol. The van der Waals surface area contributed by atoms with E-state index in [2.05, 4.69) is 4.74 Å². The van der Waals surface area contributed by atoms with Crippen molar-refractivity contribution in [2.24, 2.45) is 10.8 Å². The third-order valence-electron chi connectivity index (χ3n) is 6.00. The van der Waals surface area contributed by atoms with Gasteiger partial charge in [-0.15, -0.1) is 0 Å². The van der Waals surface area contributed by atoms with Gasteiger partial charge in [0.2, 0.25) is 0 Å². The van der Waals surface area contributed by atoms with Crippen molar-refractivity contribution in [1.82, 2.24) is 0 Å². The minimum Gasteiger partial charge on any atom is -0.748 e. The molecule has 0 radical (unpaired) electrons. The Labute approximate surface area is 255 Å². The summed E-state index contributed by atoms with van der Waals surface area (Å²) in [7, 11) is -4.53. The fraction of sp³-hybridized carbons (Fsp3) is 0.905. The Kier molecular flexibility index (Phi) is 14.8. The molecular weight excluding hydrogens is 647 g/mol. The molecule has 0 saturated carbocycles. The summed E-state index contributed by atoms with van der Waals surface area (Å²) < 4.78 is 200. The number of hydrogen-bond acceptors (Lipinski definition) is 7. The summed E-state index contributed by atoms with van der Waals surface area (Å²) >= 11 is 0. The van der Waals surface area contributed by atoms with Gasteiger partial charge in [0.05, 0.1) is 27.6 Å². The molecule has 0 amide bonds. The third kappa shape index (κ3) is 9.50. The van der Waals surface area contributed by atoms with Crippen molar-refractivity contribution >= 4 is 22.1 Å². The SMILES string of the molecule is CCC(C)(CC(C)(C)C(=O)OCC(F)(F)C(F)(F)C(F)(F)C(F)(F)C(F)(F)C(F)F)C(=O)OCCCCS(=O)(=O)[O-].[Na+]. The zero-order valence-electron chi connectivity index (χ0n) is 22.8. The summed E-state index contributed by atoms with van der Waals surface area (Å²) in [6, 6.07) is 0. The molecular formula is C21H27F12NaO7S. The molecule has 0 N–H and O–H groups in total. The van der Waals surface area contributed by atoms with Crippen LogP contribution in [0.25, 0.3) is 0 Å². The molecule has 0 aromatic carbocycles. The van der Waals surface area contributed by atoms with Gasteiger partial charge in [0.1, 0.15) is 0 Å². The Morgan fingerprint density at radius 2 is 1.26 bits per heavy atom. The molecule has 0 heterocycles. The quantitative estimate of drug-likeness (QED) is 0.0768. The Bertz CT molecular complexity index is 1040. The zero-order chi connectivity index (χ0) is 33.1. The van der Waals surface area contributed by atoms with Crippen molar-refractivity contribution in [3.63, 3.8) is 0 Å². The van der Waals surface area contributed by atoms with Crippen molar-refractivity contribution < 1.29 is 114 Å². The van der Waals surface area contributed by atoms with Gasteiger partial charge < -0.3 is 14.0 Å². The predicted octanol–water partition coefficient (Wildman–Crippen LogP) is 2.68. The van der Waals surface area contributed by atoms with Crippen LogP contribution in [-0.4, -0.2) is 79.9 Å². The van der Waals surface area contributed by atoms with Crippen molar-refractivity contribution in [3.8, 4) is 0 Å². The van der Waals surface area contributed by atoms with Crippen molar-refractivity contribution in [1.29, 1.82) is 0 Å². The predicted molar refractivity (Wildman–Crippen MR) is 113 cm³/mol. The molecule has 0 aliphatic heterocycles. The van der Waals surface area contributed by atoms with Crippen LogP contribution >= 0.6 is 0 Å². The molecule has 0 rings (SSSR count). The molecule has 0 spiro atoms. The van der Waals surface area contributed by atoms with Crippen LogP contribution in [-0.2, 0) is 29.2 Å². The summed E-state index contributed by atoms with van der Waals surface area (Å²) in [4.78, 5) is 24.8. The van der Waals surface area contributed by atoms with E-state index in [9.17, 15) is 75.2 Å². The molecule has 1 unspecified atom stereocenters. The summed E-state index contributed by atoms with van der Waals surface area (Å²) in [5, 5.41) is 0. The Hall–Kier alpha value is -0.990. The Balaban J connectivity index is 0. The number of carbonyl (C=O) groups is 2. The average Bonchev–Trinajstić information content (AvgIpc) is 2.80. The van der Waals surface area contributed by atoms with E-state index in [1.807, 2.05) is 0 Å². The Morgan fingerprint density at radius 3 is 1.67 bits per heavy atom. The number of carbonyl (C=O) groups excluding carboxylic acids is 2. The first-order valence-corrected chi connectivity index (χ1v) is 13.0. The van der Waals surface area contributed by atoms with Gasteiger partial charge in [-0.1, -0.05) is 6.92 Å². The summed E-state index contributed by atoms with van der Waals surface area (Å²) in [5.74, 6) is -40.2. The molecule has 0 bridgehead atoms. The van der Waals surface area contributed by atoms with E-state index in [0.717, 1.165) is 13.8 Å². The first kappa shape index (κ1) is 43.1. The smallest absolute Gasteiger partial charge is 0.748 e. The molecule has 0 fully saturated rings. The number of ether oxygens (including phenoxy) is 2. The molecule has 0 aromatic rings. The van der Waals surface area contributed by atoms with E-state index in [0.29, 0.717) is 0 Å². The number of rotatable bonds is 17. The molecule has 21 heteroatoms. The summed E-state index contributed by atoms with van der Waals surface area (Å²) in [6.45, 7) is 0.944. The molecule has 42 heavy (non-hydrogen) atoms. The van der Waals surface area contributed by atoms with E-state index in [1.165, 1.54) is 13.8 Å². The van der Waals surface area contributed by atoms with Gasteiger partial charge in [-0.2, -0.15) is 43.9 Å². The second-order valence-electron chi connectivity index (χ2n) is 10.0. The van der Waals surface area contributed by atoms with Gasteiger partial charge in [0.25, 0.3) is 0 Å². The minimum atomic E-state index is -7.77. The maximum Gasteiger partial charge on any atom is 1.00 e. The topological polar surface area (TPSA) is 110 Å². The summed E-state index contributed by atoms with van der Waals surface area (Å²) in [6.07, 6.45) is -6.66. The van der Waals surface area contributed by atoms with Crippen LogP contribution in [0.15, 0.2) is 0 Å². The first-order valence-electron chi connectivity index (χ1n) is 11.4. The molecule has 0 aliphatic carbocycles. The third-order valence-corrected chi connectivity index (χ3v) is 6.79. The first-order chi connectivity index (χ1) is 18.0. The van der Waals surface area contributed by atoms with Crippen molar-refractivity contribution in [2.75, 3.05) is 19.0 Å². The molecule has 244 valence electrons. The van der Waals surface area contributed by atoms with Crippen molar-refractivity contribution in [2.45, 2.75) is 89.4 Å². The van der Waals surface area contributed by atoms with Crippen LogP contribution in [0, 0.1) is 10.8 Å². The number of unbranched alkanes of at least 4 members (excludes halogenated alkanes) is 1. The maximum absolute atomic E-state index is 14.0. The van der Waals surface area contributed by atoms with E-state index < -0.39 is 87.7 Å². The van der Waals surface area contributed by atoms with Crippen LogP contribution in [0.1, 0.15) is 53.4 Å². The summed E-state index contributed by atoms with van der Waals surface area (Å²) in [5.41, 5.74) is -3.70. The maximum atomic E-state index is 14.0. The second-order valence-corrected chi connectivity index (χ2v) is 11.5. The van der Waals surface area contributed by atoms with Gasteiger partial charge in [0, 0.05) is 5.75 Å². The molecule has 7 nitrogen and oxygen atoms in total. The van der Waals surface area contributed by atoms with Gasteiger partial charge in [0.15, 0.2) is 6.61 Å². The normalized spacial score (nSPS) is 15.6. The van der Waals surface area contributed by atoms with Crippen LogP contribution in [0.3, 0.4) is 0 Å². The van der Waals surface area contributed by atoms with E-state index >= 15 is 0 Å². The largest absolute Gasteiger partial charge is 1.00 e. The molecule has 1 atom stereocenters. The van der Waals surface area contributed by atoms with Crippen LogP contribution in [0.2, 0.25) is 0 Å². The average molecular weight is 674 g/mol. The molecule has 0 aliphatic rings. The van der Waals surface area contributed by atoms with Crippen LogP contribution in [0.5, 0.6) is 0 Å². The number of esters is 2. The minimum absolute atomic E-state index is 0. The van der Waals surface area contributed by atoms with Crippen LogP contribution < -0.4 is 29.6 Å². The number of alkyl halides is 12. The van der Waals surface area contributed by atoms with Gasteiger partial charge in [-0.05, 0) is 46.5 Å². The number of halogens is 12. The second kappa shape index (κ2) is 14.4. The van der Waals surface area contributed by atoms with E-state index in [1.54, 1.807) is 0 Å². The van der Waals surface area contributed by atoms with Gasteiger partial charge >= 0.3 is 77.5 Å². The molecule has 0 saturated heterocycles. The van der Waals surface area contributed by atoms with E-state index in [4.69, 9.17) is 4.74 Å². The van der Waals surface area contributed by atoms with Crippen molar-refractivity contribution in [3.05, 3.63) is 0 Å². The standard InChI is InChI=1S/C21H28F12O7S.Na/c1-5-16(4,14(35)39-8-6-7-9-41(36,37)38)10-15(2,3)13(34)40-11-17(24,25)19(28,29)21(32,33)20(30,31)18(26,27)12(22)23;/h12H,5-11H2,1-4H3,(H,36,37,38);/q;+1/p-1. The van der Waals surface area contributed by atoms with E-state index in [-0.39, 0.29) is 55.4 Å². The van der Waals surface area contributed by atoms with Gasteiger partial charge in [-0.25, -0.2) is 17.2 Å². The fourth-order valence-corrected chi connectivity index (χ4v) is 3.88. The number of hydrogen-bond donors (Lipinski definition) is 0. The Morgan fingerprint density at radius 1 is 0.786 bits per heavy atom.